The highest BCUT2D eigenvalue weighted by molar-refractivity contribution is 5.69. The lowest BCUT2D eigenvalue weighted by atomic mass is 10.0. The summed E-state index contributed by atoms with van der Waals surface area (Å²) in [5, 5.41) is 4.56. The number of fused-ring (bicyclic) bond motifs is 1. The van der Waals surface area contributed by atoms with Crippen LogP contribution in [-0.4, -0.2) is 19.6 Å². The smallest absolute Gasteiger partial charge is 0.183 e. The highest BCUT2D eigenvalue weighted by Crippen LogP contribution is 2.24. The van der Waals surface area contributed by atoms with Crippen molar-refractivity contribution in [1.82, 2.24) is 19.6 Å². The Bertz CT molecular complexity index is 1010. The standard InChI is InChI=1S/C19H15FN4/c1-13-3-2-4-18-22-19(23-24(13)18)17-9-16(11-21-12-17)15-7-5-14(10-20)6-8-15/h2-9,11-12H,10H2,1H3. The molecular formula is C19H15FN4. The SMILES string of the molecule is Cc1cccc2nc(-c3cncc(-c4ccc(CF)cc4)c3)nn12. The van der Waals surface area contributed by atoms with Gasteiger partial charge in [0.1, 0.15) is 6.67 Å². The van der Waals surface area contributed by atoms with Crippen LogP contribution in [0.15, 0.2) is 60.9 Å². The zero-order valence-electron chi connectivity index (χ0n) is 13.1. The van der Waals surface area contributed by atoms with Crippen LogP contribution in [0.4, 0.5) is 4.39 Å². The van der Waals surface area contributed by atoms with Gasteiger partial charge in [-0.15, -0.1) is 5.10 Å². The maximum atomic E-state index is 12.6. The van der Waals surface area contributed by atoms with Crippen LogP contribution in [-0.2, 0) is 6.67 Å². The Morgan fingerprint density at radius 1 is 0.958 bits per heavy atom. The third-order valence-corrected chi connectivity index (χ3v) is 3.99. The Hall–Kier alpha value is -3.08. The normalized spacial score (nSPS) is 11.1. The average molecular weight is 318 g/mol. The van der Waals surface area contributed by atoms with Crippen LogP contribution in [0.2, 0.25) is 0 Å². The Morgan fingerprint density at radius 3 is 2.50 bits per heavy atom. The van der Waals surface area contributed by atoms with Crippen LogP contribution >= 0.6 is 0 Å². The summed E-state index contributed by atoms with van der Waals surface area (Å²) >= 11 is 0. The summed E-state index contributed by atoms with van der Waals surface area (Å²) in [6.45, 7) is 1.54. The summed E-state index contributed by atoms with van der Waals surface area (Å²) in [5.41, 5.74) is 5.29. The zero-order chi connectivity index (χ0) is 16.5. The van der Waals surface area contributed by atoms with Crippen LogP contribution in [0.3, 0.4) is 0 Å². The maximum absolute atomic E-state index is 12.6. The number of nitrogens with zero attached hydrogens (tertiary/aromatic N) is 4. The molecule has 4 aromatic rings. The molecule has 0 saturated heterocycles. The summed E-state index contributed by atoms with van der Waals surface area (Å²) in [7, 11) is 0. The molecule has 0 radical (unpaired) electrons. The van der Waals surface area contributed by atoms with Crippen molar-refractivity contribution < 1.29 is 4.39 Å². The molecule has 0 spiro atoms. The van der Waals surface area contributed by atoms with Gasteiger partial charge in [-0.3, -0.25) is 4.98 Å². The van der Waals surface area contributed by atoms with Gasteiger partial charge in [-0.1, -0.05) is 30.3 Å². The van der Waals surface area contributed by atoms with Gasteiger partial charge >= 0.3 is 0 Å². The molecule has 118 valence electrons. The van der Waals surface area contributed by atoms with E-state index in [0.29, 0.717) is 11.4 Å². The first-order valence-corrected chi connectivity index (χ1v) is 7.68. The first kappa shape index (κ1) is 14.5. The summed E-state index contributed by atoms with van der Waals surface area (Å²) in [4.78, 5) is 8.88. The predicted molar refractivity (Wildman–Crippen MR) is 91.2 cm³/mol. The number of aromatic nitrogens is 4. The van der Waals surface area contributed by atoms with Gasteiger partial charge < -0.3 is 0 Å². The van der Waals surface area contributed by atoms with E-state index < -0.39 is 6.67 Å². The lowest BCUT2D eigenvalue weighted by Gasteiger charge is -2.03. The topological polar surface area (TPSA) is 43.1 Å². The molecule has 4 rings (SSSR count). The number of rotatable bonds is 3. The Labute approximate surface area is 138 Å². The number of alkyl halides is 1. The van der Waals surface area contributed by atoms with Crippen molar-refractivity contribution in [3.63, 3.8) is 0 Å². The quantitative estimate of drug-likeness (QED) is 0.567. The number of benzene rings is 1. The van der Waals surface area contributed by atoms with E-state index in [2.05, 4.69) is 15.1 Å². The fraction of sp³-hybridized carbons (Fsp3) is 0.105. The molecule has 0 atom stereocenters. The fourth-order valence-electron chi connectivity index (χ4n) is 2.66. The van der Waals surface area contributed by atoms with Crippen molar-refractivity contribution in [2.24, 2.45) is 0 Å². The molecule has 0 fully saturated rings. The second-order valence-electron chi connectivity index (χ2n) is 5.67. The van der Waals surface area contributed by atoms with Gasteiger partial charge in [-0.2, -0.15) is 0 Å². The third-order valence-electron chi connectivity index (χ3n) is 3.99. The van der Waals surface area contributed by atoms with Gasteiger partial charge in [0.05, 0.1) is 0 Å². The molecule has 0 amide bonds. The van der Waals surface area contributed by atoms with Gasteiger partial charge in [-0.05, 0) is 36.2 Å². The summed E-state index contributed by atoms with van der Waals surface area (Å²) in [5.74, 6) is 0.638. The predicted octanol–water partition coefficient (Wildman–Crippen LogP) is 4.24. The molecule has 0 unspecified atom stereocenters. The Morgan fingerprint density at radius 2 is 1.75 bits per heavy atom. The average Bonchev–Trinajstić information content (AvgIpc) is 3.08. The number of hydrogen-bond donors (Lipinski definition) is 0. The molecule has 4 nitrogen and oxygen atoms in total. The summed E-state index contributed by atoms with van der Waals surface area (Å²) in [6, 6.07) is 15.3. The first-order valence-electron chi connectivity index (χ1n) is 7.68. The van der Waals surface area contributed by atoms with Gasteiger partial charge in [0.15, 0.2) is 11.5 Å². The summed E-state index contributed by atoms with van der Waals surface area (Å²) < 4.78 is 14.5. The maximum Gasteiger partial charge on any atom is 0.183 e. The minimum Gasteiger partial charge on any atom is -0.263 e. The van der Waals surface area contributed by atoms with E-state index >= 15 is 0 Å². The number of pyridine rings is 2. The van der Waals surface area contributed by atoms with Crippen LogP contribution < -0.4 is 0 Å². The van der Waals surface area contributed by atoms with Crippen LogP contribution in [0.5, 0.6) is 0 Å². The second kappa shape index (κ2) is 5.85. The van der Waals surface area contributed by atoms with E-state index in [1.165, 1.54) is 0 Å². The highest BCUT2D eigenvalue weighted by atomic mass is 19.1. The van der Waals surface area contributed by atoms with Crippen LogP contribution in [0.25, 0.3) is 28.2 Å². The van der Waals surface area contributed by atoms with E-state index in [4.69, 9.17) is 0 Å². The van der Waals surface area contributed by atoms with Crippen molar-refractivity contribution in [2.45, 2.75) is 13.6 Å². The van der Waals surface area contributed by atoms with E-state index in [1.807, 2.05) is 47.8 Å². The van der Waals surface area contributed by atoms with E-state index in [0.717, 1.165) is 28.0 Å². The van der Waals surface area contributed by atoms with Gasteiger partial charge in [0, 0.05) is 29.2 Å². The van der Waals surface area contributed by atoms with E-state index in [9.17, 15) is 4.39 Å². The second-order valence-corrected chi connectivity index (χ2v) is 5.67. The minimum atomic E-state index is -0.455. The van der Waals surface area contributed by atoms with Crippen molar-refractivity contribution in [3.8, 4) is 22.5 Å². The molecular weight excluding hydrogens is 303 g/mol. The van der Waals surface area contributed by atoms with Crippen molar-refractivity contribution in [3.05, 3.63) is 72.2 Å². The van der Waals surface area contributed by atoms with Crippen molar-refractivity contribution >= 4 is 5.65 Å². The van der Waals surface area contributed by atoms with Crippen molar-refractivity contribution in [2.75, 3.05) is 0 Å². The number of aryl methyl sites for hydroxylation is 1. The molecule has 3 heterocycles. The van der Waals surface area contributed by atoms with Gasteiger partial charge in [0.2, 0.25) is 0 Å². The molecule has 0 N–H and O–H groups in total. The van der Waals surface area contributed by atoms with E-state index in [1.54, 1.807) is 24.5 Å². The van der Waals surface area contributed by atoms with Crippen molar-refractivity contribution in [1.29, 1.82) is 0 Å². The molecule has 0 saturated carbocycles. The molecule has 5 heteroatoms. The third kappa shape index (κ3) is 2.54. The molecule has 0 aliphatic carbocycles. The Balaban J connectivity index is 1.76. The Kier molecular flexibility index (Phi) is 3.54. The molecule has 24 heavy (non-hydrogen) atoms. The first-order chi connectivity index (χ1) is 11.7. The molecule has 0 aliphatic heterocycles. The lowest BCUT2D eigenvalue weighted by molar-refractivity contribution is 0.485. The fourth-order valence-corrected chi connectivity index (χ4v) is 2.66. The van der Waals surface area contributed by atoms with Gasteiger partial charge in [0.25, 0.3) is 0 Å². The summed E-state index contributed by atoms with van der Waals surface area (Å²) in [6.07, 6.45) is 3.54. The molecule has 0 aliphatic rings. The highest BCUT2D eigenvalue weighted by Gasteiger charge is 2.09. The number of hydrogen-bond acceptors (Lipinski definition) is 3. The largest absolute Gasteiger partial charge is 0.263 e. The lowest BCUT2D eigenvalue weighted by Crippen LogP contribution is -1.92. The zero-order valence-corrected chi connectivity index (χ0v) is 13.1. The van der Waals surface area contributed by atoms with Crippen LogP contribution in [0.1, 0.15) is 11.3 Å². The minimum absolute atomic E-state index is 0.455. The molecule has 0 bridgehead atoms. The number of halogens is 1. The van der Waals surface area contributed by atoms with Gasteiger partial charge in [-0.25, -0.2) is 13.9 Å². The van der Waals surface area contributed by atoms with E-state index in [-0.39, 0.29) is 0 Å². The molecule has 1 aromatic carbocycles. The van der Waals surface area contributed by atoms with Crippen LogP contribution in [0, 0.1) is 6.92 Å². The monoisotopic (exact) mass is 318 g/mol. The molecule has 3 aromatic heterocycles.